The summed E-state index contributed by atoms with van der Waals surface area (Å²) >= 11 is 0. The first kappa shape index (κ1) is 8.70. The zero-order valence-electron chi connectivity index (χ0n) is 7.66. The van der Waals surface area contributed by atoms with Crippen molar-refractivity contribution < 1.29 is 0 Å². The smallest absolute Gasteiger partial charge is 0.0324 e. The fourth-order valence-electron chi connectivity index (χ4n) is 1.99. The molecule has 1 aromatic heterocycles. The molecule has 1 aliphatic carbocycles. The molecule has 0 amide bonds. The SMILES string of the molecule is [CH]CNC1CCCc2cnccc21. The maximum Gasteiger partial charge on any atom is 0.0324 e. The van der Waals surface area contributed by atoms with Gasteiger partial charge in [0.25, 0.3) is 0 Å². The molecule has 1 aromatic rings. The van der Waals surface area contributed by atoms with Crippen LogP contribution < -0.4 is 5.32 Å². The van der Waals surface area contributed by atoms with Crippen LogP contribution in [-0.2, 0) is 6.42 Å². The van der Waals surface area contributed by atoms with Crippen molar-refractivity contribution in [2.75, 3.05) is 6.54 Å². The number of nitrogens with zero attached hydrogens (tertiary/aromatic N) is 1. The molecule has 2 heteroatoms. The van der Waals surface area contributed by atoms with Crippen LogP contribution in [0.3, 0.4) is 0 Å². The topological polar surface area (TPSA) is 24.9 Å². The first-order chi connectivity index (χ1) is 6.42. The van der Waals surface area contributed by atoms with Crippen molar-refractivity contribution in [1.82, 2.24) is 10.3 Å². The summed E-state index contributed by atoms with van der Waals surface area (Å²) in [5.74, 6) is 0. The average molecular weight is 174 g/mol. The van der Waals surface area contributed by atoms with E-state index in [1.807, 2.05) is 12.4 Å². The first-order valence-corrected chi connectivity index (χ1v) is 4.78. The van der Waals surface area contributed by atoms with Crippen molar-refractivity contribution in [3.05, 3.63) is 36.5 Å². The Labute approximate surface area is 79.4 Å². The van der Waals surface area contributed by atoms with Crippen molar-refractivity contribution in [1.29, 1.82) is 0 Å². The third-order valence-corrected chi connectivity index (χ3v) is 2.62. The fourth-order valence-corrected chi connectivity index (χ4v) is 1.99. The number of hydrogen-bond acceptors (Lipinski definition) is 2. The molecule has 1 heterocycles. The number of nitrogens with one attached hydrogen (secondary N) is 1. The van der Waals surface area contributed by atoms with Gasteiger partial charge >= 0.3 is 0 Å². The second-order valence-electron chi connectivity index (χ2n) is 3.43. The quantitative estimate of drug-likeness (QED) is 0.739. The summed E-state index contributed by atoms with van der Waals surface area (Å²) in [6.07, 6.45) is 7.41. The maximum absolute atomic E-state index is 5.49. The van der Waals surface area contributed by atoms with Crippen LogP contribution in [0.2, 0.25) is 0 Å². The predicted molar refractivity (Wildman–Crippen MR) is 52.2 cm³/mol. The highest BCUT2D eigenvalue weighted by Crippen LogP contribution is 2.28. The lowest BCUT2D eigenvalue weighted by atomic mass is 9.89. The number of rotatable bonds is 2. The Bertz CT molecular complexity index is 283. The van der Waals surface area contributed by atoms with Gasteiger partial charge in [0.15, 0.2) is 0 Å². The molecule has 2 radical (unpaired) electrons. The van der Waals surface area contributed by atoms with E-state index in [4.69, 9.17) is 6.92 Å². The van der Waals surface area contributed by atoms with E-state index in [1.165, 1.54) is 24.0 Å². The van der Waals surface area contributed by atoms with Gasteiger partial charge in [0.2, 0.25) is 0 Å². The molecule has 0 aliphatic heterocycles. The molecule has 0 fully saturated rings. The summed E-state index contributed by atoms with van der Waals surface area (Å²) in [5.41, 5.74) is 2.76. The highest BCUT2D eigenvalue weighted by atomic mass is 14.9. The summed E-state index contributed by atoms with van der Waals surface area (Å²) in [6, 6.07) is 2.54. The fraction of sp³-hybridized carbons (Fsp3) is 0.455. The normalized spacial score (nSPS) is 21.2. The molecular formula is C11H14N2. The zero-order valence-corrected chi connectivity index (χ0v) is 7.66. The van der Waals surface area contributed by atoms with Gasteiger partial charge in [0.05, 0.1) is 0 Å². The monoisotopic (exact) mass is 174 g/mol. The maximum atomic E-state index is 5.49. The second-order valence-corrected chi connectivity index (χ2v) is 3.43. The van der Waals surface area contributed by atoms with Crippen LogP contribution in [-0.4, -0.2) is 11.5 Å². The minimum absolute atomic E-state index is 0.441. The third-order valence-electron chi connectivity index (χ3n) is 2.62. The number of aryl methyl sites for hydroxylation is 1. The molecule has 68 valence electrons. The van der Waals surface area contributed by atoms with Crippen molar-refractivity contribution >= 4 is 0 Å². The standard InChI is InChI=1S/C11H14N2/c1-2-13-11-5-3-4-9-8-12-7-6-10(9)11/h1,6-8,11,13H,2-5H2. The van der Waals surface area contributed by atoms with E-state index in [-0.39, 0.29) is 0 Å². The summed E-state index contributed by atoms with van der Waals surface area (Å²) < 4.78 is 0. The Morgan fingerprint density at radius 3 is 3.38 bits per heavy atom. The Morgan fingerprint density at radius 1 is 1.62 bits per heavy atom. The van der Waals surface area contributed by atoms with Gasteiger partial charge in [-0.15, -0.1) is 0 Å². The lowest BCUT2D eigenvalue weighted by Gasteiger charge is -2.25. The highest BCUT2D eigenvalue weighted by Gasteiger charge is 2.18. The largest absolute Gasteiger partial charge is 0.310 e. The van der Waals surface area contributed by atoms with E-state index in [0.29, 0.717) is 12.6 Å². The number of aromatic nitrogens is 1. The molecule has 1 aliphatic rings. The summed E-state index contributed by atoms with van der Waals surface area (Å²) in [6.45, 7) is 6.04. The second kappa shape index (κ2) is 3.88. The molecule has 0 bridgehead atoms. The minimum atomic E-state index is 0.441. The Hall–Kier alpha value is -0.890. The van der Waals surface area contributed by atoms with E-state index in [2.05, 4.69) is 16.4 Å². The van der Waals surface area contributed by atoms with E-state index >= 15 is 0 Å². The lowest BCUT2D eigenvalue weighted by molar-refractivity contribution is 0.479. The zero-order chi connectivity index (χ0) is 9.10. The van der Waals surface area contributed by atoms with Gasteiger partial charge in [-0.25, -0.2) is 0 Å². The van der Waals surface area contributed by atoms with Crippen LogP contribution in [0.15, 0.2) is 18.5 Å². The van der Waals surface area contributed by atoms with Gasteiger partial charge in [-0.05, 0) is 49.9 Å². The Morgan fingerprint density at radius 2 is 2.54 bits per heavy atom. The molecule has 0 saturated heterocycles. The van der Waals surface area contributed by atoms with Crippen molar-refractivity contribution in [2.45, 2.75) is 25.3 Å². The van der Waals surface area contributed by atoms with Crippen LogP contribution in [0.5, 0.6) is 0 Å². The van der Waals surface area contributed by atoms with Crippen LogP contribution in [0.4, 0.5) is 0 Å². The first-order valence-electron chi connectivity index (χ1n) is 4.78. The predicted octanol–water partition coefficient (Wildman–Crippen LogP) is 1.76. The Balaban J connectivity index is 2.26. The highest BCUT2D eigenvalue weighted by molar-refractivity contribution is 5.29. The van der Waals surface area contributed by atoms with Crippen LogP contribution in [0.1, 0.15) is 30.0 Å². The van der Waals surface area contributed by atoms with Crippen molar-refractivity contribution in [3.8, 4) is 0 Å². The van der Waals surface area contributed by atoms with Crippen molar-refractivity contribution in [2.24, 2.45) is 0 Å². The minimum Gasteiger partial charge on any atom is -0.310 e. The molecule has 2 nitrogen and oxygen atoms in total. The van der Waals surface area contributed by atoms with E-state index in [0.717, 1.165) is 6.42 Å². The van der Waals surface area contributed by atoms with Crippen LogP contribution >= 0.6 is 0 Å². The van der Waals surface area contributed by atoms with Gasteiger partial charge < -0.3 is 5.32 Å². The molecule has 1 atom stereocenters. The molecule has 1 unspecified atom stereocenters. The van der Waals surface area contributed by atoms with Gasteiger partial charge in [-0.2, -0.15) is 0 Å². The number of hydrogen-bond donors (Lipinski definition) is 1. The van der Waals surface area contributed by atoms with Gasteiger partial charge in [0.1, 0.15) is 0 Å². The summed E-state index contributed by atoms with van der Waals surface area (Å²) in [5, 5.41) is 3.29. The van der Waals surface area contributed by atoms with Gasteiger partial charge in [0, 0.05) is 18.4 Å². The van der Waals surface area contributed by atoms with E-state index in [1.54, 1.807) is 0 Å². The van der Waals surface area contributed by atoms with Crippen molar-refractivity contribution in [3.63, 3.8) is 0 Å². The van der Waals surface area contributed by atoms with Crippen LogP contribution in [0.25, 0.3) is 0 Å². The molecule has 13 heavy (non-hydrogen) atoms. The van der Waals surface area contributed by atoms with Crippen LogP contribution in [0, 0.1) is 6.92 Å². The van der Waals surface area contributed by atoms with Gasteiger partial charge in [-0.1, -0.05) is 0 Å². The summed E-state index contributed by atoms with van der Waals surface area (Å²) in [7, 11) is 0. The number of pyridine rings is 1. The van der Waals surface area contributed by atoms with E-state index < -0.39 is 0 Å². The molecule has 0 spiro atoms. The molecule has 0 aromatic carbocycles. The number of fused-ring (bicyclic) bond motifs is 1. The lowest BCUT2D eigenvalue weighted by Crippen LogP contribution is -2.24. The molecule has 2 rings (SSSR count). The van der Waals surface area contributed by atoms with E-state index in [9.17, 15) is 0 Å². The van der Waals surface area contributed by atoms with Gasteiger partial charge in [-0.3, -0.25) is 4.98 Å². The average Bonchev–Trinajstić information content (AvgIpc) is 2.19. The molecular weight excluding hydrogens is 160 g/mol. The molecule has 1 N–H and O–H groups in total. The molecule has 0 saturated carbocycles. The Kier molecular flexibility index (Phi) is 2.60. The summed E-state index contributed by atoms with van der Waals surface area (Å²) in [4.78, 5) is 4.13. The third kappa shape index (κ3) is 1.73.